The molecule has 0 aromatic heterocycles. The van der Waals surface area contributed by atoms with Crippen molar-refractivity contribution in [1.82, 2.24) is 0 Å². The van der Waals surface area contributed by atoms with Gasteiger partial charge in [0, 0.05) is 16.2 Å². The van der Waals surface area contributed by atoms with Crippen LogP contribution in [0, 0.1) is 11.8 Å². The second-order valence-corrected chi connectivity index (χ2v) is 9.98. The molecule has 0 bridgehead atoms. The van der Waals surface area contributed by atoms with Crippen LogP contribution in [0.2, 0.25) is 0 Å². The number of rotatable bonds is 3. The molecule has 5 aromatic carbocycles. The summed E-state index contributed by atoms with van der Waals surface area (Å²) in [6.07, 6.45) is 2.00. The van der Waals surface area contributed by atoms with Crippen LogP contribution < -0.4 is 5.30 Å². The number of fused-ring (bicyclic) bond motifs is 2. The number of halogens is 1. The van der Waals surface area contributed by atoms with E-state index in [1.165, 1.54) is 26.8 Å². The Kier molecular flexibility index (Phi) is 6.04. The molecule has 0 aliphatic carbocycles. The fraction of sp³-hybridized carbons (Fsp3) is 0. The van der Waals surface area contributed by atoms with E-state index < -0.39 is 7.27 Å². The van der Waals surface area contributed by atoms with Gasteiger partial charge in [0.05, 0.1) is 7.27 Å². The molecule has 0 aliphatic heterocycles. The zero-order valence-electron chi connectivity index (χ0n) is 17.4. The minimum absolute atomic E-state index is 0.991. The minimum Gasteiger partial charge on any atom is -0.0858 e. The minimum atomic E-state index is -1.16. The average Bonchev–Trinajstić information content (AvgIpc) is 2.86. The molecule has 0 fully saturated rings. The van der Waals surface area contributed by atoms with Gasteiger partial charge < -0.3 is 0 Å². The maximum atomic E-state index is 7.38. The summed E-state index contributed by atoms with van der Waals surface area (Å²) < 4.78 is 0. The van der Waals surface area contributed by atoms with Crippen LogP contribution in [0.15, 0.2) is 121 Å². The zero-order valence-corrected chi connectivity index (χ0v) is 19.0. The quantitative estimate of drug-likeness (QED) is 0.148. The van der Waals surface area contributed by atoms with Gasteiger partial charge in [-0.1, -0.05) is 120 Å². The molecule has 1 atom stereocenters. The van der Waals surface area contributed by atoms with Crippen molar-refractivity contribution >= 4 is 50.7 Å². The van der Waals surface area contributed by atoms with E-state index in [0.717, 1.165) is 16.4 Å². The van der Waals surface area contributed by atoms with Gasteiger partial charge in [0.2, 0.25) is 0 Å². The molecule has 0 heterocycles. The van der Waals surface area contributed by atoms with E-state index in [9.17, 15) is 0 Å². The van der Waals surface area contributed by atoms with E-state index in [1.54, 1.807) is 0 Å². The molecule has 5 rings (SSSR count). The lowest BCUT2D eigenvalue weighted by Gasteiger charge is -2.19. The molecule has 0 aliphatic rings. The van der Waals surface area contributed by atoms with Crippen molar-refractivity contribution in [2.24, 2.45) is 0 Å². The van der Waals surface area contributed by atoms with E-state index in [1.807, 2.05) is 42.5 Å². The van der Waals surface area contributed by atoms with E-state index in [2.05, 4.69) is 90.7 Å². The van der Waals surface area contributed by atoms with Gasteiger partial charge in [-0.15, -0.1) is 0 Å². The Hall–Kier alpha value is -3.36. The van der Waals surface area contributed by atoms with Gasteiger partial charge in [-0.3, -0.25) is 0 Å². The number of benzene rings is 5. The van der Waals surface area contributed by atoms with E-state index in [0.29, 0.717) is 0 Å². The summed E-state index contributed by atoms with van der Waals surface area (Å²) in [6, 6.07) is 39.6. The van der Waals surface area contributed by atoms with Crippen molar-refractivity contribution in [2.45, 2.75) is 0 Å². The Bertz CT molecular complexity index is 1420. The Labute approximate surface area is 194 Å². The van der Waals surface area contributed by atoms with E-state index in [-0.39, 0.29) is 0 Å². The second kappa shape index (κ2) is 9.42. The lowest BCUT2D eigenvalue weighted by Crippen LogP contribution is -2.03. The average molecular weight is 447 g/mol. The Morgan fingerprint density at radius 1 is 0.656 bits per heavy atom. The molecule has 0 spiro atoms. The van der Waals surface area contributed by atoms with Crippen molar-refractivity contribution in [2.75, 3.05) is 0 Å². The van der Waals surface area contributed by atoms with Gasteiger partial charge in [0.25, 0.3) is 0 Å². The summed E-state index contributed by atoms with van der Waals surface area (Å²) in [5, 5.41) is 7.06. The Morgan fingerprint density at radius 2 is 1.19 bits per heavy atom. The highest BCUT2D eigenvalue weighted by Gasteiger charge is 2.20. The van der Waals surface area contributed by atoms with Crippen LogP contribution in [-0.2, 0) is 0 Å². The highest BCUT2D eigenvalue weighted by molar-refractivity contribution is 7.98. The summed E-state index contributed by atoms with van der Waals surface area (Å²) in [5.41, 5.74) is 2.10. The van der Waals surface area contributed by atoms with Gasteiger partial charge >= 0.3 is 0 Å². The molecule has 0 radical (unpaired) electrons. The van der Waals surface area contributed by atoms with Gasteiger partial charge in [0.15, 0.2) is 0 Å². The molecule has 0 N–H and O–H groups in total. The predicted molar refractivity (Wildman–Crippen MR) is 142 cm³/mol. The maximum absolute atomic E-state index is 7.38. The molecule has 32 heavy (non-hydrogen) atoms. The smallest absolute Gasteiger partial charge is 0.0549 e. The van der Waals surface area contributed by atoms with Crippen LogP contribution >= 0.6 is 18.5 Å². The molecule has 2 heteroatoms. The number of hydrogen-bond donors (Lipinski definition) is 0. The first-order valence-corrected chi connectivity index (χ1v) is 12.7. The van der Waals surface area contributed by atoms with Crippen LogP contribution in [0.3, 0.4) is 0 Å². The first-order valence-electron chi connectivity index (χ1n) is 10.5. The van der Waals surface area contributed by atoms with E-state index in [4.69, 9.17) is 11.2 Å². The van der Waals surface area contributed by atoms with Gasteiger partial charge in [-0.2, -0.15) is 0 Å². The lowest BCUT2D eigenvalue weighted by molar-refractivity contribution is 1.64. The number of hydrogen-bond acceptors (Lipinski definition) is 0. The van der Waals surface area contributed by atoms with Crippen molar-refractivity contribution in [1.29, 1.82) is 0 Å². The SMILES string of the molecule is ClP(/C(=C\C#Cc1ccccc1)c1ccccc1)c1c2ccccc2cc2ccccc12. The monoisotopic (exact) mass is 446 g/mol. The third kappa shape index (κ3) is 4.19. The first-order chi connectivity index (χ1) is 15.8. The molecule has 0 saturated heterocycles. The lowest BCUT2D eigenvalue weighted by atomic mass is 10.0. The van der Waals surface area contributed by atoms with Crippen LogP contribution in [0.1, 0.15) is 11.1 Å². The van der Waals surface area contributed by atoms with Gasteiger partial charge in [-0.05, 0) is 51.4 Å². The summed E-state index contributed by atoms with van der Waals surface area (Å²) in [7, 11) is -1.16. The highest BCUT2D eigenvalue weighted by Crippen LogP contribution is 2.56. The maximum Gasteiger partial charge on any atom is 0.0549 e. The fourth-order valence-corrected chi connectivity index (χ4v) is 6.50. The topological polar surface area (TPSA) is 0 Å². The second-order valence-electron chi connectivity index (χ2n) is 7.48. The molecule has 0 saturated carbocycles. The first kappa shape index (κ1) is 20.5. The molecule has 1 unspecified atom stereocenters. The molecule has 5 aromatic rings. The van der Waals surface area contributed by atoms with Crippen molar-refractivity contribution in [3.05, 3.63) is 132 Å². The largest absolute Gasteiger partial charge is 0.0858 e. The van der Waals surface area contributed by atoms with Crippen LogP contribution in [-0.4, -0.2) is 0 Å². The standard InChI is InChI=1S/C30H20ClP/c31-32(30-27-19-9-7-17-25(27)22-26-18-8-10-20-28(26)30)29(24-15-5-2-6-16-24)21-11-14-23-12-3-1-4-13-23/h1-10,12-13,15-22H/b29-21-. The normalized spacial score (nSPS) is 12.3. The molecule has 0 amide bonds. The molecular weight excluding hydrogens is 427 g/mol. The van der Waals surface area contributed by atoms with E-state index >= 15 is 0 Å². The molecular formula is C30H20ClP. The summed E-state index contributed by atoms with van der Waals surface area (Å²) in [6.45, 7) is 0. The highest BCUT2D eigenvalue weighted by atomic mass is 35.7. The predicted octanol–water partition coefficient (Wildman–Crippen LogP) is 8.35. The molecule has 0 nitrogen and oxygen atoms in total. The fourth-order valence-electron chi connectivity index (χ4n) is 3.89. The Morgan fingerprint density at radius 3 is 1.81 bits per heavy atom. The van der Waals surface area contributed by atoms with Crippen molar-refractivity contribution in [3.63, 3.8) is 0 Å². The van der Waals surface area contributed by atoms with Crippen molar-refractivity contribution < 1.29 is 0 Å². The van der Waals surface area contributed by atoms with Crippen LogP contribution in [0.25, 0.3) is 26.9 Å². The molecule has 152 valence electrons. The third-order valence-electron chi connectivity index (χ3n) is 5.42. The van der Waals surface area contributed by atoms with Crippen molar-refractivity contribution in [3.8, 4) is 11.8 Å². The van der Waals surface area contributed by atoms with Crippen LogP contribution in [0.4, 0.5) is 0 Å². The zero-order chi connectivity index (χ0) is 21.8. The number of allylic oxidation sites excluding steroid dienone is 1. The van der Waals surface area contributed by atoms with Gasteiger partial charge in [-0.25, -0.2) is 0 Å². The third-order valence-corrected chi connectivity index (χ3v) is 8.16. The Balaban J connectivity index is 1.71. The summed E-state index contributed by atoms with van der Waals surface area (Å²) in [4.78, 5) is 0. The van der Waals surface area contributed by atoms with Gasteiger partial charge in [0.1, 0.15) is 0 Å². The summed E-state index contributed by atoms with van der Waals surface area (Å²) in [5.74, 6) is 6.52. The van der Waals surface area contributed by atoms with Crippen LogP contribution in [0.5, 0.6) is 0 Å². The summed E-state index contributed by atoms with van der Waals surface area (Å²) >= 11 is 7.38.